The zero-order valence-corrected chi connectivity index (χ0v) is 12.8. The van der Waals surface area contributed by atoms with E-state index in [0.717, 1.165) is 24.1 Å². The Morgan fingerprint density at radius 1 is 1.44 bits per heavy atom. The monoisotopic (exact) mass is 267 g/mol. The molecule has 0 aliphatic heterocycles. The van der Waals surface area contributed by atoms with Crippen LogP contribution in [-0.4, -0.2) is 24.6 Å². The van der Waals surface area contributed by atoms with Crippen molar-refractivity contribution in [2.24, 2.45) is 11.8 Å². The molecule has 1 saturated carbocycles. The number of anilines is 1. The fourth-order valence-corrected chi connectivity index (χ4v) is 3.02. The molecule has 0 aromatic carbocycles. The minimum atomic E-state index is 0.632. The molecule has 1 aliphatic carbocycles. The van der Waals surface area contributed by atoms with Crippen molar-refractivity contribution in [3.8, 4) is 0 Å². The first-order valence-corrected chi connectivity index (χ1v) is 7.78. The average Bonchev–Trinajstić information content (AvgIpc) is 3.07. The molecule has 0 saturated heterocycles. The molecule has 0 amide bonds. The molecule has 18 heavy (non-hydrogen) atoms. The maximum atomic E-state index is 4.55. The number of thiazole rings is 1. The molecule has 4 heteroatoms. The molecule has 1 aromatic heterocycles. The Labute approximate surface area is 115 Å². The Kier molecular flexibility index (Phi) is 4.62. The van der Waals surface area contributed by atoms with Crippen molar-refractivity contribution in [1.29, 1.82) is 0 Å². The van der Waals surface area contributed by atoms with Crippen molar-refractivity contribution < 1.29 is 0 Å². The number of hydrogen-bond donors (Lipinski definition) is 1. The molecule has 3 nitrogen and oxygen atoms in total. The van der Waals surface area contributed by atoms with E-state index in [1.54, 1.807) is 0 Å². The standard InChI is InChI=1S/C14H25N3S/c1-10(2)7-15-8-13-9-16-14(18-13)17(4)11(3)12-5-6-12/h9-12,15H,5-8H2,1-4H3. The van der Waals surface area contributed by atoms with Crippen LogP contribution in [0.5, 0.6) is 0 Å². The van der Waals surface area contributed by atoms with E-state index in [9.17, 15) is 0 Å². The summed E-state index contributed by atoms with van der Waals surface area (Å²) in [5.41, 5.74) is 0. The van der Waals surface area contributed by atoms with Crippen LogP contribution >= 0.6 is 11.3 Å². The van der Waals surface area contributed by atoms with E-state index in [0.29, 0.717) is 12.0 Å². The van der Waals surface area contributed by atoms with Crippen LogP contribution in [0.15, 0.2) is 6.20 Å². The van der Waals surface area contributed by atoms with Gasteiger partial charge in [-0.3, -0.25) is 0 Å². The van der Waals surface area contributed by atoms with Crippen molar-refractivity contribution in [2.75, 3.05) is 18.5 Å². The van der Waals surface area contributed by atoms with Gasteiger partial charge < -0.3 is 10.2 Å². The van der Waals surface area contributed by atoms with Crippen molar-refractivity contribution in [2.45, 2.75) is 46.2 Å². The van der Waals surface area contributed by atoms with Crippen LogP contribution in [0.2, 0.25) is 0 Å². The van der Waals surface area contributed by atoms with Gasteiger partial charge in [0.2, 0.25) is 0 Å². The van der Waals surface area contributed by atoms with E-state index in [-0.39, 0.29) is 0 Å². The number of hydrogen-bond acceptors (Lipinski definition) is 4. The highest BCUT2D eigenvalue weighted by Crippen LogP contribution is 2.37. The second kappa shape index (κ2) is 6.02. The van der Waals surface area contributed by atoms with Crippen LogP contribution in [0.4, 0.5) is 5.13 Å². The zero-order chi connectivity index (χ0) is 13.1. The smallest absolute Gasteiger partial charge is 0.185 e. The summed E-state index contributed by atoms with van der Waals surface area (Å²) >= 11 is 1.82. The third kappa shape index (κ3) is 3.69. The fourth-order valence-electron chi connectivity index (χ4n) is 2.10. The zero-order valence-electron chi connectivity index (χ0n) is 11.9. The van der Waals surface area contributed by atoms with Crippen molar-refractivity contribution in [1.82, 2.24) is 10.3 Å². The second-order valence-electron chi connectivity index (χ2n) is 5.82. The van der Waals surface area contributed by atoms with Gasteiger partial charge in [0.05, 0.1) is 0 Å². The normalized spacial score (nSPS) is 17.2. The molecule has 1 fully saturated rings. The summed E-state index contributed by atoms with van der Waals surface area (Å²) in [5, 5.41) is 4.63. The molecule has 0 spiro atoms. The van der Waals surface area contributed by atoms with E-state index in [2.05, 4.69) is 43.0 Å². The summed E-state index contributed by atoms with van der Waals surface area (Å²) in [4.78, 5) is 8.22. The van der Waals surface area contributed by atoms with E-state index < -0.39 is 0 Å². The van der Waals surface area contributed by atoms with Crippen molar-refractivity contribution in [3.63, 3.8) is 0 Å². The molecule has 2 rings (SSSR count). The molecular formula is C14H25N3S. The highest BCUT2D eigenvalue weighted by molar-refractivity contribution is 7.15. The lowest BCUT2D eigenvalue weighted by Gasteiger charge is -2.23. The minimum Gasteiger partial charge on any atom is -0.348 e. The van der Waals surface area contributed by atoms with Crippen LogP contribution < -0.4 is 10.2 Å². The summed E-state index contributed by atoms with van der Waals surface area (Å²) in [6.45, 7) is 8.80. The molecule has 102 valence electrons. The first-order valence-electron chi connectivity index (χ1n) is 6.96. The molecule has 0 radical (unpaired) electrons. The number of aromatic nitrogens is 1. The molecule has 0 bridgehead atoms. The van der Waals surface area contributed by atoms with E-state index >= 15 is 0 Å². The topological polar surface area (TPSA) is 28.2 Å². The molecule has 1 atom stereocenters. The van der Waals surface area contributed by atoms with Gasteiger partial charge in [0.25, 0.3) is 0 Å². The predicted molar refractivity (Wildman–Crippen MR) is 79.2 cm³/mol. The summed E-state index contributed by atoms with van der Waals surface area (Å²) in [7, 11) is 2.17. The lowest BCUT2D eigenvalue weighted by molar-refractivity contribution is 0.554. The van der Waals surface area contributed by atoms with E-state index in [1.807, 2.05) is 17.5 Å². The lowest BCUT2D eigenvalue weighted by Crippen LogP contribution is -2.30. The van der Waals surface area contributed by atoms with Gasteiger partial charge in [-0.05, 0) is 38.1 Å². The highest BCUT2D eigenvalue weighted by Gasteiger charge is 2.31. The Morgan fingerprint density at radius 2 is 2.17 bits per heavy atom. The van der Waals surface area contributed by atoms with E-state index in [1.165, 1.54) is 17.7 Å². The van der Waals surface area contributed by atoms with Gasteiger partial charge in [0, 0.05) is 30.7 Å². The molecule has 1 aromatic rings. The Morgan fingerprint density at radius 3 is 2.78 bits per heavy atom. The molecule has 1 heterocycles. The number of nitrogens with zero attached hydrogens (tertiary/aromatic N) is 2. The minimum absolute atomic E-state index is 0.632. The first kappa shape index (κ1) is 13.8. The van der Waals surface area contributed by atoms with Crippen LogP contribution in [-0.2, 0) is 6.54 Å². The van der Waals surface area contributed by atoms with Gasteiger partial charge in [-0.15, -0.1) is 11.3 Å². The van der Waals surface area contributed by atoms with Crippen LogP contribution in [0.1, 0.15) is 38.5 Å². The third-order valence-electron chi connectivity index (χ3n) is 3.61. The summed E-state index contributed by atoms with van der Waals surface area (Å²) in [6.07, 6.45) is 4.79. The summed E-state index contributed by atoms with van der Waals surface area (Å²) in [5.74, 6) is 1.59. The second-order valence-corrected chi connectivity index (χ2v) is 6.92. The maximum Gasteiger partial charge on any atom is 0.185 e. The van der Waals surface area contributed by atoms with Gasteiger partial charge >= 0.3 is 0 Å². The van der Waals surface area contributed by atoms with Crippen molar-refractivity contribution >= 4 is 16.5 Å². The number of nitrogens with one attached hydrogen (secondary N) is 1. The summed E-state index contributed by atoms with van der Waals surface area (Å²) < 4.78 is 0. The van der Waals surface area contributed by atoms with Crippen molar-refractivity contribution in [3.05, 3.63) is 11.1 Å². The molecule has 1 N–H and O–H groups in total. The van der Waals surface area contributed by atoms with Gasteiger partial charge in [-0.1, -0.05) is 13.8 Å². The Hall–Kier alpha value is -0.610. The Bertz CT molecular complexity index is 371. The van der Waals surface area contributed by atoms with Gasteiger partial charge in [0.1, 0.15) is 0 Å². The largest absolute Gasteiger partial charge is 0.348 e. The van der Waals surface area contributed by atoms with Gasteiger partial charge in [-0.2, -0.15) is 0 Å². The van der Waals surface area contributed by atoms with Crippen LogP contribution in [0.3, 0.4) is 0 Å². The Balaban J connectivity index is 1.84. The van der Waals surface area contributed by atoms with Gasteiger partial charge in [0.15, 0.2) is 5.13 Å². The predicted octanol–water partition coefficient (Wildman–Crippen LogP) is 3.12. The van der Waals surface area contributed by atoms with E-state index in [4.69, 9.17) is 0 Å². The third-order valence-corrected chi connectivity index (χ3v) is 4.70. The molecule has 1 aliphatic rings. The molecule has 1 unspecified atom stereocenters. The highest BCUT2D eigenvalue weighted by atomic mass is 32.1. The quantitative estimate of drug-likeness (QED) is 0.822. The first-order chi connectivity index (χ1) is 8.58. The SMILES string of the molecule is CC(C)CNCc1cnc(N(C)C(C)C2CC2)s1. The molecular weight excluding hydrogens is 242 g/mol. The van der Waals surface area contributed by atoms with Crippen LogP contribution in [0, 0.1) is 11.8 Å². The number of rotatable bonds is 7. The maximum absolute atomic E-state index is 4.55. The van der Waals surface area contributed by atoms with Crippen LogP contribution in [0.25, 0.3) is 0 Å². The lowest BCUT2D eigenvalue weighted by atomic mass is 10.2. The fraction of sp³-hybridized carbons (Fsp3) is 0.786. The van der Waals surface area contributed by atoms with Gasteiger partial charge in [-0.25, -0.2) is 4.98 Å². The summed E-state index contributed by atoms with van der Waals surface area (Å²) in [6, 6.07) is 0.632. The average molecular weight is 267 g/mol.